The second-order valence-electron chi connectivity index (χ2n) is 5.38. The molecule has 3 rings (SSSR count). The molecule has 28 heavy (non-hydrogen) atoms. The van der Waals surface area contributed by atoms with Crippen LogP contribution < -0.4 is 10.1 Å². The number of aliphatic carboxylic acids is 1. The Balaban J connectivity index is 2.04. The first-order chi connectivity index (χ1) is 13.2. The highest BCUT2D eigenvalue weighted by atomic mass is 19.4. The molecule has 0 saturated heterocycles. The quantitative estimate of drug-likeness (QED) is 0.597. The molecule has 0 unspecified atom stereocenters. The van der Waals surface area contributed by atoms with Crippen molar-refractivity contribution in [3.05, 3.63) is 36.2 Å². The number of alkyl halides is 3. The van der Waals surface area contributed by atoms with Crippen LogP contribution in [-0.4, -0.2) is 45.1 Å². The molecule has 2 heterocycles. The SMILES string of the molecule is O=C(O)CNC(=O)c1ncc2onc(-c3cccc(OC(F)(F)F)c3)c2c1O. The molecule has 2 aromatic heterocycles. The van der Waals surface area contributed by atoms with E-state index in [1.54, 1.807) is 0 Å². The van der Waals surface area contributed by atoms with Gasteiger partial charge in [-0.05, 0) is 12.1 Å². The van der Waals surface area contributed by atoms with Gasteiger partial charge < -0.3 is 24.8 Å². The van der Waals surface area contributed by atoms with Crippen LogP contribution in [0, 0.1) is 0 Å². The summed E-state index contributed by atoms with van der Waals surface area (Å²) in [6.07, 6.45) is -3.83. The topological polar surface area (TPSA) is 135 Å². The molecule has 12 heteroatoms. The summed E-state index contributed by atoms with van der Waals surface area (Å²) in [6.45, 7) is -0.703. The molecule has 0 aliphatic rings. The summed E-state index contributed by atoms with van der Waals surface area (Å²) in [5.41, 5.74) is -0.487. The summed E-state index contributed by atoms with van der Waals surface area (Å²) in [5, 5.41) is 24.6. The van der Waals surface area contributed by atoms with Gasteiger partial charge in [-0.15, -0.1) is 13.2 Å². The number of hydrogen-bond acceptors (Lipinski definition) is 7. The molecule has 3 aromatic rings. The number of ether oxygens (including phenoxy) is 1. The number of fused-ring (bicyclic) bond motifs is 1. The van der Waals surface area contributed by atoms with Crippen LogP contribution in [0.5, 0.6) is 11.5 Å². The minimum Gasteiger partial charge on any atom is -0.505 e. The summed E-state index contributed by atoms with van der Waals surface area (Å²) < 4.78 is 46.1. The van der Waals surface area contributed by atoms with Crippen molar-refractivity contribution in [3.8, 4) is 22.8 Å². The minimum absolute atomic E-state index is 0.0376. The lowest BCUT2D eigenvalue weighted by molar-refractivity contribution is -0.274. The molecule has 3 N–H and O–H groups in total. The highest BCUT2D eigenvalue weighted by Gasteiger charge is 2.31. The van der Waals surface area contributed by atoms with Crippen LogP contribution in [-0.2, 0) is 4.79 Å². The average molecular weight is 397 g/mol. The van der Waals surface area contributed by atoms with Gasteiger partial charge >= 0.3 is 12.3 Å². The van der Waals surface area contributed by atoms with Crippen LogP contribution in [0.25, 0.3) is 22.2 Å². The number of hydrogen-bond donors (Lipinski definition) is 3. The molecule has 9 nitrogen and oxygen atoms in total. The van der Waals surface area contributed by atoms with Crippen molar-refractivity contribution in [1.82, 2.24) is 15.5 Å². The number of amides is 1. The van der Waals surface area contributed by atoms with E-state index in [9.17, 15) is 27.9 Å². The van der Waals surface area contributed by atoms with E-state index in [0.717, 1.165) is 18.3 Å². The summed E-state index contributed by atoms with van der Waals surface area (Å²) in [5.74, 6) is -3.46. The number of carboxylic acids is 1. The number of nitrogens with zero attached hydrogens (tertiary/aromatic N) is 2. The van der Waals surface area contributed by atoms with Crippen LogP contribution in [0.4, 0.5) is 13.2 Å². The van der Waals surface area contributed by atoms with E-state index in [1.807, 2.05) is 5.32 Å². The van der Waals surface area contributed by atoms with Gasteiger partial charge in [0.2, 0.25) is 0 Å². The minimum atomic E-state index is -4.90. The van der Waals surface area contributed by atoms with Gasteiger partial charge in [0.1, 0.15) is 18.0 Å². The maximum atomic E-state index is 12.4. The van der Waals surface area contributed by atoms with Crippen molar-refractivity contribution in [3.63, 3.8) is 0 Å². The van der Waals surface area contributed by atoms with E-state index in [-0.39, 0.29) is 22.2 Å². The molecular weight excluding hydrogens is 387 g/mol. The van der Waals surface area contributed by atoms with Crippen molar-refractivity contribution in [1.29, 1.82) is 0 Å². The third-order valence-corrected chi connectivity index (χ3v) is 3.45. The van der Waals surface area contributed by atoms with Crippen molar-refractivity contribution in [2.24, 2.45) is 0 Å². The Hall–Kier alpha value is -3.83. The fourth-order valence-corrected chi connectivity index (χ4v) is 2.37. The number of carboxylic acid groups (broad SMARTS) is 1. The molecule has 0 saturated carbocycles. The average Bonchev–Trinajstić information content (AvgIpc) is 3.04. The molecule has 0 aliphatic carbocycles. The standard InChI is InChI=1S/C16H10F3N3O6/c17-16(18,19)27-8-3-1-2-7(4-8)12-11-9(28-22-12)5-20-13(14(11)25)15(26)21-6-10(23)24/h1-5,25H,6H2,(H,21,26)(H,23,24). The molecule has 1 amide bonds. The normalized spacial score (nSPS) is 11.4. The summed E-state index contributed by atoms with van der Waals surface area (Å²) in [4.78, 5) is 26.2. The number of aromatic nitrogens is 2. The number of nitrogens with one attached hydrogen (secondary N) is 1. The zero-order chi connectivity index (χ0) is 20.5. The van der Waals surface area contributed by atoms with Gasteiger partial charge in [-0.1, -0.05) is 17.3 Å². The van der Waals surface area contributed by atoms with E-state index in [2.05, 4.69) is 14.9 Å². The Morgan fingerprint density at radius 3 is 2.71 bits per heavy atom. The van der Waals surface area contributed by atoms with Gasteiger partial charge in [-0.2, -0.15) is 0 Å². The first kappa shape index (κ1) is 18.9. The number of carbonyl (C=O) groups excluding carboxylic acids is 1. The maximum absolute atomic E-state index is 12.4. The van der Waals surface area contributed by atoms with Crippen molar-refractivity contribution >= 4 is 22.8 Å². The molecular formula is C16H10F3N3O6. The van der Waals surface area contributed by atoms with Gasteiger partial charge in [-0.25, -0.2) is 4.98 Å². The number of halogens is 3. The lowest BCUT2D eigenvalue weighted by atomic mass is 10.1. The van der Waals surface area contributed by atoms with Crippen LogP contribution in [0.1, 0.15) is 10.5 Å². The van der Waals surface area contributed by atoms with E-state index in [0.29, 0.717) is 0 Å². The summed E-state index contributed by atoms with van der Waals surface area (Å²) in [7, 11) is 0. The predicted octanol–water partition coefficient (Wildman–Crippen LogP) is 2.31. The van der Waals surface area contributed by atoms with Crippen LogP contribution >= 0.6 is 0 Å². The number of pyridine rings is 1. The Morgan fingerprint density at radius 1 is 1.29 bits per heavy atom. The van der Waals surface area contributed by atoms with Gasteiger partial charge in [0.05, 0.1) is 11.6 Å². The molecule has 0 radical (unpaired) electrons. The second-order valence-corrected chi connectivity index (χ2v) is 5.38. The van der Waals surface area contributed by atoms with Gasteiger partial charge in [0.25, 0.3) is 5.91 Å². The molecule has 0 bridgehead atoms. The van der Waals surface area contributed by atoms with E-state index in [1.165, 1.54) is 12.1 Å². The Bertz CT molecular complexity index is 1060. The van der Waals surface area contributed by atoms with Crippen molar-refractivity contribution in [2.75, 3.05) is 6.54 Å². The molecule has 0 fully saturated rings. The zero-order valence-corrected chi connectivity index (χ0v) is 13.6. The second kappa shape index (κ2) is 7.06. The van der Waals surface area contributed by atoms with Gasteiger partial charge in [-0.3, -0.25) is 9.59 Å². The summed E-state index contributed by atoms with van der Waals surface area (Å²) >= 11 is 0. The van der Waals surface area contributed by atoms with Crippen molar-refractivity contribution in [2.45, 2.75) is 6.36 Å². The fraction of sp³-hybridized carbons (Fsp3) is 0.125. The Labute approximate surface area is 153 Å². The molecule has 0 aliphatic heterocycles. The van der Waals surface area contributed by atoms with Crippen molar-refractivity contribution < 1.29 is 42.2 Å². The van der Waals surface area contributed by atoms with E-state index in [4.69, 9.17) is 9.63 Å². The van der Waals surface area contributed by atoms with Crippen LogP contribution in [0.15, 0.2) is 35.0 Å². The lowest BCUT2D eigenvalue weighted by Gasteiger charge is -2.09. The molecule has 146 valence electrons. The van der Waals surface area contributed by atoms with Crippen LogP contribution in [0.3, 0.4) is 0 Å². The first-order valence-corrected chi connectivity index (χ1v) is 7.49. The third kappa shape index (κ3) is 3.95. The highest BCUT2D eigenvalue weighted by molar-refractivity contribution is 6.05. The number of aromatic hydroxyl groups is 1. The lowest BCUT2D eigenvalue weighted by Crippen LogP contribution is -2.29. The van der Waals surface area contributed by atoms with Gasteiger partial charge in [0.15, 0.2) is 17.0 Å². The molecule has 1 aromatic carbocycles. The predicted molar refractivity (Wildman–Crippen MR) is 85.6 cm³/mol. The Kier molecular flexibility index (Phi) is 4.78. The zero-order valence-electron chi connectivity index (χ0n) is 13.6. The summed E-state index contributed by atoms with van der Waals surface area (Å²) in [6, 6.07) is 4.76. The molecule has 0 atom stereocenters. The van der Waals surface area contributed by atoms with E-state index >= 15 is 0 Å². The smallest absolute Gasteiger partial charge is 0.505 e. The number of carbonyl (C=O) groups is 2. The largest absolute Gasteiger partial charge is 0.573 e. The van der Waals surface area contributed by atoms with E-state index < -0.39 is 42.0 Å². The Morgan fingerprint density at radius 2 is 2.04 bits per heavy atom. The third-order valence-electron chi connectivity index (χ3n) is 3.45. The maximum Gasteiger partial charge on any atom is 0.573 e. The fourth-order valence-electron chi connectivity index (χ4n) is 2.37. The molecule has 0 spiro atoms. The number of rotatable bonds is 5. The first-order valence-electron chi connectivity index (χ1n) is 7.49. The number of benzene rings is 1. The monoisotopic (exact) mass is 397 g/mol. The highest BCUT2D eigenvalue weighted by Crippen LogP contribution is 2.37. The van der Waals surface area contributed by atoms with Crippen LogP contribution in [0.2, 0.25) is 0 Å². The van der Waals surface area contributed by atoms with Gasteiger partial charge in [0, 0.05) is 5.56 Å².